The minimum Gasteiger partial charge on any atom is -0.459 e. The number of carbonyl (C=O) groups excluding carboxylic acids is 1. The summed E-state index contributed by atoms with van der Waals surface area (Å²) in [6.45, 7) is 7.91. The largest absolute Gasteiger partial charge is 0.459 e. The van der Waals surface area contributed by atoms with Crippen molar-refractivity contribution in [3.05, 3.63) is 12.2 Å². The summed E-state index contributed by atoms with van der Waals surface area (Å²) in [6.07, 6.45) is 17.0. The average Bonchev–Trinajstić information content (AvgIpc) is 2.71. The molecule has 0 aliphatic heterocycles. The molecule has 0 bridgehead atoms. The van der Waals surface area contributed by atoms with Crippen molar-refractivity contribution in [1.82, 2.24) is 0 Å². The summed E-state index contributed by atoms with van der Waals surface area (Å²) in [7, 11) is 0. The molecule has 2 rings (SSSR count). The zero-order valence-electron chi connectivity index (χ0n) is 17.8. The van der Waals surface area contributed by atoms with Crippen molar-refractivity contribution >= 4 is 5.97 Å². The third kappa shape index (κ3) is 7.25. The van der Waals surface area contributed by atoms with E-state index in [4.69, 9.17) is 9.84 Å². The van der Waals surface area contributed by atoms with Gasteiger partial charge in [0.1, 0.15) is 6.10 Å². The highest BCUT2D eigenvalue weighted by Gasteiger charge is 2.32. The Hall–Kier alpha value is -0.830. The molecule has 1 unspecified atom stereocenters. The van der Waals surface area contributed by atoms with Crippen LogP contribution in [0, 0.1) is 23.7 Å². The molecule has 1 N–H and O–H groups in total. The fourth-order valence-corrected chi connectivity index (χ4v) is 5.33. The molecule has 0 amide bonds. The molecule has 1 atom stereocenters. The van der Waals surface area contributed by atoms with Crippen LogP contribution in [0.3, 0.4) is 0 Å². The number of esters is 1. The molecule has 0 aromatic carbocycles. The average molecular weight is 379 g/mol. The summed E-state index contributed by atoms with van der Waals surface area (Å²) in [5.41, 5.74) is 0.166. The van der Waals surface area contributed by atoms with Crippen LogP contribution in [0.15, 0.2) is 12.2 Å². The van der Waals surface area contributed by atoms with E-state index in [2.05, 4.69) is 20.4 Å². The predicted octanol–water partition coefficient (Wildman–Crippen LogP) is 6.05. The Bertz CT molecular complexity index is 443. The second-order valence-corrected chi connectivity index (χ2v) is 9.14. The zero-order chi connectivity index (χ0) is 19.6. The number of ether oxygens (including phenoxy) is 1. The van der Waals surface area contributed by atoms with Gasteiger partial charge < -0.3 is 9.84 Å². The molecule has 3 nitrogen and oxygen atoms in total. The number of carbonyl (C=O) groups is 1. The Morgan fingerprint density at radius 3 is 2.15 bits per heavy atom. The third-order valence-corrected chi connectivity index (χ3v) is 7.24. The summed E-state index contributed by atoms with van der Waals surface area (Å²) in [5, 5.41) is 8.98. The fourth-order valence-electron chi connectivity index (χ4n) is 5.33. The first-order valence-electron chi connectivity index (χ1n) is 11.6. The summed E-state index contributed by atoms with van der Waals surface area (Å²) in [5.74, 6) is 3.20. The van der Waals surface area contributed by atoms with E-state index < -0.39 is 5.97 Å². The van der Waals surface area contributed by atoms with Gasteiger partial charge in [0.2, 0.25) is 0 Å². The smallest absolute Gasteiger partial charge is 0.336 e. The normalized spacial score (nSPS) is 29.9. The molecule has 2 aliphatic rings. The first kappa shape index (κ1) is 22.5. The first-order chi connectivity index (χ1) is 13.1. The molecular formula is C24H42O3. The number of rotatable bonds is 10. The highest BCUT2D eigenvalue weighted by molar-refractivity contribution is 5.88. The molecule has 0 aromatic heterocycles. The van der Waals surface area contributed by atoms with Gasteiger partial charge in [-0.15, -0.1) is 0 Å². The van der Waals surface area contributed by atoms with E-state index >= 15 is 0 Å². The van der Waals surface area contributed by atoms with Crippen LogP contribution in [-0.4, -0.2) is 23.8 Å². The maximum absolute atomic E-state index is 11.8. The number of aliphatic hydroxyl groups is 1. The van der Waals surface area contributed by atoms with Crippen LogP contribution in [0.5, 0.6) is 0 Å². The topological polar surface area (TPSA) is 46.5 Å². The third-order valence-electron chi connectivity index (χ3n) is 7.24. The second-order valence-electron chi connectivity index (χ2n) is 9.14. The van der Waals surface area contributed by atoms with Crippen molar-refractivity contribution < 1.29 is 14.6 Å². The van der Waals surface area contributed by atoms with Gasteiger partial charge in [-0.05, 0) is 68.6 Å². The van der Waals surface area contributed by atoms with E-state index in [0.29, 0.717) is 0 Å². The minimum atomic E-state index is -0.421. The Balaban J connectivity index is 1.67. The van der Waals surface area contributed by atoms with Crippen molar-refractivity contribution in [3.63, 3.8) is 0 Å². The van der Waals surface area contributed by atoms with E-state index in [1.54, 1.807) is 0 Å². The van der Waals surface area contributed by atoms with Gasteiger partial charge in [-0.25, -0.2) is 4.79 Å². The van der Waals surface area contributed by atoms with E-state index in [-0.39, 0.29) is 18.3 Å². The Labute approximate surface area is 167 Å². The van der Waals surface area contributed by atoms with Gasteiger partial charge in [-0.2, -0.15) is 0 Å². The fraction of sp³-hybridized carbons (Fsp3) is 0.875. The summed E-state index contributed by atoms with van der Waals surface area (Å²) in [4.78, 5) is 11.8. The monoisotopic (exact) mass is 378 g/mol. The van der Waals surface area contributed by atoms with Gasteiger partial charge in [0.25, 0.3) is 0 Å². The number of aliphatic hydroxyl groups excluding tert-OH is 1. The van der Waals surface area contributed by atoms with Crippen molar-refractivity contribution in [2.45, 2.75) is 103 Å². The Morgan fingerprint density at radius 1 is 1.04 bits per heavy atom. The highest BCUT2D eigenvalue weighted by Crippen LogP contribution is 2.42. The zero-order valence-corrected chi connectivity index (χ0v) is 17.8. The molecule has 0 aromatic rings. The molecule has 0 heterocycles. The molecule has 2 saturated carbocycles. The van der Waals surface area contributed by atoms with E-state index in [1.165, 1.54) is 70.6 Å². The number of hydrogen-bond acceptors (Lipinski definition) is 3. The van der Waals surface area contributed by atoms with E-state index in [1.807, 2.05) is 0 Å². The van der Waals surface area contributed by atoms with Crippen molar-refractivity contribution in [2.24, 2.45) is 23.7 Å². The highest BCUT2D eigenvalue weighted by atomic mass is 16.5. The van der Waals surface area contributed by atoms with Crippen molar-refractivity contribution in [3.8, 4) is 0 Å². The lowest BCUT2D eigenvalue weighted by Gasteiger charge is -2.38. The second kappa shape index (κ2) is 11.9. The van der Waals surface area contributed by atoms with Crippen LogP contribution < -0.4 is 0 Å². The Morgan fingerprint density at radius 2 is 1.63 bits per heavy atom. The Kier molecular flexibility index (Phi) is 9.89. The van der Waals surface area contributed by atoms with E-state index in [0.717, 1.165) is 36.5 Å². The van der Waals surface area contributed by atoms with Gasteiger partial charge in [0.05, 0.1) is 12.2 Å². The first-order valence-corrected chi connectivity index (χ1v) is 11.6. The number of hydrogen-bond donors (Lipinski definition) is 1. The molecule has 2 aliphatic carbocycles. The van der Waals surface area contributed by atoms with Crippen LogP contribution in [0.1, 0.15) is 97.3 Å². The van der Waals surface area contributed by atoms with Gasteiger partial charge in [-0.1, -0.05) is 59.0 Å². The molecule has 0 radical (unpaired) electrons. The van der Waals surface area contributed by atoms with Crippen LogP contribution >= 0.6 is 0 Å². The molecule has 3 heteroatoms. The van der Waals surface area contributed by atoms with Gasteiger partial charge >= 0.3 is 5.97 Å². The van der Waals surface area contributed by atoms with Gasteiger partial charge in [-0.3, -0.25) is 0 Å². The van der Waals surface area contributed by atoms with Crippen molar-refractivity contribution in [1.29, 1.82) is 0 Å². The quantitative estimate of drug-likeness (QED) is 0.372. The summed E-state index contributed by atoms with van der Waals surface area (Å²) in [6, 6.07) is 0. The SMILES string of the molecule is C=C(CO)C(=O)OC1CCC(C2CCC(CC(CC)CCCC)CC2)CC1. The maximum Gasteiger partial charge on any atom is 0.336 e. The van der Waals surface area contributed by atoms with E-state index in [9.17, 15) is 4.79 Å². The lowest BCUT2D eigenvalue weighted by Crippen LogP contribution is -2.30. The van der Waals surface area contributed by atoms with Crippen LogP contribution in [0.2, 0.25) is 0 Å². The minimum absolute atomic E-state index is 0.0252. The van der Waals surface area contributed by atoms with Crippen LogP contribution in [0.4, 0.5) is 0 Å². The molecule has 27 heavy (non-hydrogen) atoms. The van der Waals surface area contributed by atoms with Crippen LogP contribution in [-0.2, 0) is 9.53 Å². The lowest BCUT2D eigenvalue weighted by atomic mass is 9.69. The summed E-state index contributed by atoms with van der Waals surface area (Å²) >= 11 is 0. The number of unbranched alkanes of at least 4 members (excludes halogenated alkanes) is 1. The summed E-state index contributed by atoms with van der Waals surface area (Å²) < 4.78 is 5.49. The predicted molar refractivity (Wildman–Crippen MR) is 111 cm³/mol. The van der Waals surface area contributed by atoms with Crippen molar-refractivity contribution in [2.75, 3.05) is 6.61 Å². The standard InChI is InChI=1S/C24H42O3/c1-4-6-7-19(5-2)16-20-8-10-21(11-9-20)22-12-14-23(15-13-22)27-24(26)18(3)17-25/h19-23,25H,3-17H2,1-2H3. The van der Waals surface area contributed by atoms with Gasteiger partial charge in [0.15, 0.2) is 0 Å². The lowest BCUT2D eigenvalue weighted by molar-refractivity contribution is -0.146. The maximum atomic E-state index is 11.8. The van der Waals surface area contributed by atoms with Crippen LogP contribution in [0.25, 0.3) is 0 Å². The molecular weight excluding hydrogens is 336 g/mol. The molecule has 156 valence electrons. The molecule has 0 saturated heterocycles. The molecule has 0 spiro atoms. The van der Waals surface area contributed by atoms with Gasteiger partial charge in [0, 0.05) is 0 Å². The molecule has 2 fully saturated rings.